The first kappa shape index (κ1) is 25.5. The zero-order chi connectivity index (χ0) is 24.1. The maximum absolute atomic E-state index is 12.1. The van der Waals surface area contributed by atoms with Crippen LogP contribution in [0.5, 0.6) is 0 Å². The molecule has 0 heterocycles. The average Bonchev–Trinajstić information content (AvgIpc) is 2.80. The Bertz CT molecular complexity index is 905. The first-order chi connectivity index (χ1) is 15.8. The summed E-state index contributed by atoms with van der Waals surface area (Å²) in [6.45, 7) is 4.93. The molecule has 4 amide bonds. The van der Waals surface area contributed by atoms with Gasteiger partial charge >= 0.3 is 18.2 Å². The van der Waals surface area contributed by atoms with E-state index >= 15 is 0 Å². The lowest BCUT2D eigenvalue weighted by Gasteiger charge is -2.18. The largest absolute Gasteiger partial charge is 0.448 e. The Balaban J connectivity index is 1.64. The van der Waals surface area contributed by atoms with E-state index in [2.05, 4.69) is 16.0 Å². The summed E-state index contributed by atoms with van der Waals surface area (Å²) in [5.41, 5.74) is 2.75. The number of nitrogens with zero attached hydrogens (tertiary/aromatic N) is 1. The topological polar surface area (TPSA) is 109 Å². The van der Waals surface area contributed by atoms with E-state index in [0.717, 1.165) is 16.7 Å². The molecule has 2 aromatic carbocycles. The van der Waals surface area contributed by atoms with E-state index < -0.39 is 12.2 Å². The van der Waals surface area contributed by atoms with Crippen molar-refractivity contribution in [3.8, 4) is 0 Å². The van der Waals surface area contributed by atoms with E-state index in [4.69, 9.17) is 9.47 Å². The third-order valence-corrected chi connectivity index (χ3v) is 4.50. The van der Waals surface area contributed by atoms with E-state index in [1.54, 1.807) is 20.9 Å². The number of rotatable bonds is 10. The van der Waals surface area contributed by atoms with Gasteiger partial charge in [0.1, 0.15) is 6.61 Å². The van der Waals surface area contributed by atoms with Gasteiger partial charge in [-0.1, -0.05) is 54.6 Å². The fourth-order valence-corrected chi connectivity index (χ4v) is 2.79. The van der Waals surface area contributed by atoms with Crippen molar-refractivity contribution in [2.24, 2.45) is 0 Å². The molecule has 2 rings (SSSR count). The molecular weight excluding hydrogens is 424 g/mol. The van der Waals surface area contributed by atoms with Crippen molar-refractivity contribution < 1.29 is 23.9 Å². The van der Waals surface area contributed by atoms with Crippen molar-refractivity contribution in [3.05, 3.63) is 71.3 Å². The molecule has 9 heteroatoms. The van der Waals surface area contributed by atoms with Crippen LogP contribution >= 0.6 is 0 Å². The van der Waals surface area contributed by atoms with Crippen molar-refractivity contribution in [1.29, 1.82) is 0 Å². The van der Waals surface area contributed by atoms with Gasteiger partial charge in [0.05, 0.1) is 12.6 Å². The minimum absolute atomic E-state index is 0.0724. The molecule has 0 saturated carbocycles. The predicted octanol–water partition coefficient (Wildman–Crippen LogP) is 3.39. The van der Waals surface area contributed by atoms with Crippen LogP contribution in [0, 0.1) is 0 Å². The van der Waals surface area contributed by atoms with Gasteiger partial charge < -0.3 is 30.3 Å². The number of hydrogen-bond donors (Lipinski definition) is 3. The zero-order valence-electron chi connectivity index (χ0n) is 19.3. The summed E-state index contributed by atoms with van der Waals surface area (Å²) in [4.78, 5) is 37.1. The van der Waals surface area contributed by atoms with Crippen molar-refractivity contribution in [3.63, 3.8) is 0 Å². The molecule has 0 saturated heterocycles. The number of carbonyl (C=O) groups excluding carboxylic acids is 3. The molecule has 178 valence electrons. The molecule has 0 aliphatic heterocycles. The number of alkyl carbamates (subject to hydrolysis) is 2. The van der Waals surface area contributed by atoms with E-state index in [1.165, 1.54) is 4.90 Å². The van der Waals surface area contributed by atoms with Crippen LogP contribution in [-0.4, -0.2) is 49.4 Å². The maximum Gasteiger partial charge on any atom is 0.407 e. The van der Waals surface area contributed by atoms with Gasteiger partial charge in [-0.3, -0.25) is 0 Å². The number of hydrogen-bond acceptors (Lipinski definition) is 5. The van der Waals surface area contributed by atoms with Crippen LogP contribution in [0.4, 0.5) is 14.4 Å². The molecule has 0 radical (unpaired) electrons. The van der Waals surface area contributed by atoms with E-state index in [0.29, 0.717) is 13.1 Å². The lowest BCUT2D eigenvalue weighted by Crippen LogP contribution is -2.39. The van der Waals surface area contributed by atoms with Gasteiger partial charge in [-0.2, -0.15) is 0 Å². The number of amides is 4. The lowest BCUT2D eigenvalue weighted by molar-refractivity contribution is 0.115. The zero-order valence-corrected chi connectivity index (χ0v) is 19.3. The first-order valence-electron chi connectivity index (χ1n) is 10.8. The third-order valence-electron chi connectivity index (χ3n) is 4.50. The van der Waals surface area contributed by atoms with Crippen LogP contribution in [-0.2, 0) is 29.1 Å². The number of benzene rings is 2. The Kier molecular flexibility index (Phi) is 10.5. The smallest absolute Gasteiger partial charge is 0.407 e. The monoisotopic (exact) mass is 456 g/mol. The fraction of sp³-hybridized carbons (Fsp3) is 0.375. The molecule has 0 atom stereocenters. The van der Waals surface area contributed by atoms with Crippen molar-refractivity contribution in [2.75, 3.05) is 20.2 Å². The highest BCUT2D eigenvalue weighted by Gasteiger charge is 2.10. The lowest BCUT2D eigenvalue weighted by atomic mass is 10.1. The quantitative estimate of drug-likeness (QED) is 0.508. The van der Waals surface area contributed by atoms with Gasteiger partial charge in [-0.05, 0) is 30.5 Å². The Morgan fingerprint density at radius 2 is 1.39 bits per heavy atom. The summed E-state index contributed by atoms with van der Waals surface area (Å²) in [5.74, 6) is 0. The SMILES string of the molecule is CC(C)OC(=O)NCc1cccc(CNC(=O)OCCN(C)C(=O)NCc2ccccc2)c1. The number of likely N-dealkylation sites (N-methyl/N-ethyl adjacent to an activating group) is 1. The Morgan fingerprint density at radius 1 is 0.818 bits per heavy atom. The Morgan fingerprint density at radius 3 is 2.03 bits per heavy atom. The molecule has 0 fully saturated rings. The molecule has 3 N–H and O–H groups in total. The normalized spacial score (nSPS) is 10.3. The molecule has 0 bridgehead atoms. The van der Waals surface area contributed by atoms with E-state index in [1.807, 2.05) is 54.6 Å². The molecule has 0 aromatic heterocycles. The standard InChI is InChI=1S/C24H32N4O5/c1-18(2)33-24(31)27-17-21-11-7-10-20(14-21)16-26-23(30)32-13-12-28(3)22(29)25-15-19-8-5-4-6-9-19/h4-11,14,18H,12-13,15-17H2,1-3H3,(H,25,29)(H,26,30)(H,27,31). The molecule has 2 aromatic rings. The van der Waals surface area contributed by atoms with Crippen LogP contribution < -0.4 is 16.0 Å². The Labute approximate surface area is 194 Å². The summed E-state index contributed by atoms with van der Waals surface area (Å²) in [6, 6.07) is 16.8. The highest BCUT2D eigenvalue weighted by molar-refractivity contribution is 5.74. The number of carbonyl (C=O) groups is 3. The second-order valence-corrected chi connectivity index (χ2v) is 7.68. The van der Waals surface area contributed by atoms with Crippen LogP contribution in [0.25, 0.3) is 0 Å². The molecule has 9 nitrogen and oxygen atoms in total. The average molecular weight is 457 g/mol. The van der Waals surface area contributed by atoms with E-state index in [9.17, 15) is 14.4 Å². The Hall–Kier alpha value is -3.75. The molecule has 0 unspecified atom stereocenters. The summed E-state index contributed by atoms with van der Waals surface area (Å²) in [5, 5.41) is 8.16. The van der Waals surface area contributed by atoms with Crippen molar-refractivity contribution in [1.82, 2.24) is 20.9 Å². The van der Waals surface area contributed by atoms with Crippen molar-refractivity contribution >= 4 is 18.2 Å². The number of ether oxygens (including phenoxy) is 2. The minimum atomic E-state index is -0.572. The number of nitrogens with one attached hydrogen (secondary N) is 3. The second kappa shape index (κ2) is 13.6. The molecular formula is C24H32N4O5. The van der Waals surface area contributed by atoms with Crippen LogP contribution in [0.15, 0.2) is 54.6 Å². The van der Waals surface area contributed by atoms with Gasteiger partial charge in [0.25, 0.3) is 0 Å². The van der Waals surface area contributed by atoms with E-state index in [-0.39, 0.29) is 31.8 Å². The molecule has 33 heavy (non-hydrogen) atoms. The third kappa shape index (κ3) is 10.4. The molecule has 0 aliphatic rings. The number of urea groups is 1. The van der Waals surface area contributed by atoms with Gasteiger partial charge in [0.2, 0.25) is 0 Å². The predicted molar refractivity (Wildman–Crippen MR) is 124 cm³/mol. The fourth-order valence-electron chi connectivity index (χ4n) is 2.79. The van der Waals surface area contributed by atoms with Gasteiger partial charge in [-0.25, -0.2) is 14.4 Å². The van der Waals surface area contributed by atoms with Crippen molar-refractivity contribution in [2.45, 2.75) is 39.6 Å². The maximum atomic E-state index is 12.1. The van der Waals surface area contributed by atoms with Gasteiger partial charge in [0, 0.05) is 26.7 Å². The summed E-state index contributed by atoms with van der Waals surface area (Å²) < 4.78 is 10.2. The summed E-state index contributed by atoms with van der Waals surface area (Å²) in [7, 11) is 1.64. The minimum Gasteiger partial charge on any atom is -0.448 e. The van der Waals surface area contributed by atoms with Crippen LogP contribution in [0.2, 0.25) is 0 Å². The summed E-state index contributed by atoms with van der Waals surface area (Å²) in [6.07, 6.45) is -1.23. The highest BCUT2D eigenvalue weighted by Crippen LogP contribution is 2.06. The van der Waals surface area contributed by atoms with Crippen LogP contribution in [0.1, 0.15) is 30.5 Å². The first-order valence-corrected chi connectivity index (χ1v) is 10.8. The second-order valence-electron chi connectivity index (χ2n) is 7.68. The van der Waals surface area contributed by atoms with Gasteiger partial charge in [-0.15, -0.1) is 0 Å². The van der Waals surface area contributed by atoms with Crippen LogP contribution in [0.3, 0.4) is 0 Å². The summed E-state index contributed by atoms with van der Waals surface area (Å²) >= 11 is 0. The molecule has 0 spiro atoms. The molecule has 0 aliphatic carbocycles. The van der Waals surface area contributed by atoms with Gasteiger partial charge in [0.15, 0.2) is 0 Å². The highest BCUT2D eigenvalue weighted by atomic mass is 16.6.